The number of hydrogen-bond acceptors (Lipinski definition) is 14. The van der Waals surface area contributed by atoms with Crippen molar-refractivity contribution in [2.75, 3.05) is 33.0 Å². The quantitative estimate of drug-likeness (QED) is 0.0181. The summed E-state index contributed by atoms with van der Waals surface area (Å²) in [5.41, 5.74) is 66.8. The van der Waals surface area contributed by atoms with E-state index in [0.717, 1.165) is 171 Å². The van der Waals surface area contributed by atoms with Gasteiger partial charge in [0.2, 0.25) is 35.4 Å². The molecule has 22 heteroatoms. The third-order valence-corrected chi connectivity index (χ3v) is 27.0. The molecule has 0 aliphatic heterocycles. The van der Waals surface area contributed by atoms with Gasteiger partial charge < -0.3 is 73.4 Å². The van der Waals surface area contributed by atoms with Crippen LogP contribution in [0.5, 0.6) is 34.5 Å². The Labute approximate surface area is 854 Å². The molecule has 4 unspecified atom stereocenters. The van der Waals surface area contributed by atoms with Crippen molar-refractivity contribution in [2.24, 2.45) is 34.4 Å². The first-order valence-electron chi connectivity index (χ1n) is 49.0. The fourth-order valence-corrected chi connectivity index (χ4v) is 20.4. The van der Waals surface area contributed by atoms with Crippen molar-refractivity contribution in [3.8, 4) is 34.5 Å². The van der Waals surface area contributed by atoms with Gasteiger partial charge in [-0.3, -0.25) is 28.8 Å². The number of hydrogen-bond donors (Lipinski definition) is 9. The SMILES string of the molecule is CC1=C(CC(N)=O)c2c(O)cccc2/C1=C\c1ccccc1.CC1=C(CC(N)=O)c2c(OCC(=O)O)cccc2C1Cc1ccccc1.CC1=C(Cc2ccccc2)c2cccc(OCC(=O)O)c2C1CC(N)=O.CCOc1cccc2c1C(CC(N)=O)=C(C)/C2=C/c1ccccc1.CCOc1cccc2c1C(CC(N)=O)=C(C)C2Cc1ccccc1.CCOc1cccc2c1C(CC(N)=O)C(C)=C2Cc1ccccc1.[HH]. The molecule has 4 atom stereocenters. The van der Waals surface area contributed by atoms with Crippen molar-refractivity contribution >= 4 is 104 Å². The van der Waals surface area contributed by atoms with Gasteiger partial charge in [0.1, 0.15) is 34.5 Å². The number of benzene rings is 12. The number of aromatic hydroxyl groups is 1. The average molecular weight is 1960 g/mol. The molecule has 0 radical (unpaired) electrons. The minimum absolute atomic E-state index is 0. The van der Waals surface area contributed by atoms with Crippen LogP contribution in [0.1, 0.15) is 226 Å². The zero-order valence-corrected chi connectivity index (χ0v) is 83.9. The van der Waals surface area contributed by atoms with E-state index in [1.165, 1.54) is 50.1 Å². The minimum atomic E-state index is -1.04. The van der Waals surface area contributed by atoms with Gasteiger partial charge >= 0.3 is 11.9 Å². The molecular weight excluding hydrogens is 1830 g/mol. The summed E-state index contributed by atoms with van der Waals surface area (Å²) in [7, 11) is 0. The predicted octanol–water partition coefficient (Wildman–Crippen LogP) is 22.6. The molecule has 6 aliphatic rings. The molecule has 0 fully saturated rings. The highest BCUT2D eigenvalue weighted by Crippen LogP contribution is 2.55. The topological polar surface area (TPSA) is 400 Å². The van der Waals surface area contributed by atoms with E-state index in [9.17, 15) is 43.5 Å². The van der Waals surface area contributed by atoms with Gasteiger partial charge in [0.25, 0.3) is 0 Å². The smallest absolute Gasteiger partial charge is 0.341 e. The molecule has 0 saturated carbocycles. The number of carbonyl (C=O) groups excluding carboxylic acids is 6. The molecule has 12 aromatic carbocycles. The lowest BCUT2D eigenvalue weighted by molar-refractivity contribution is -0.140. The van der Waals surface area contributed by atoms with Crippen LogP contribution in [0.25, 0.3) is 56.7 Å². The van der Waals surface area contributed by atoms with E-state index in [2.05, 4.69) is 129 Å². The number of ether oxygens (including phenoxy) is 5. The summed E-state index contributed by atoms with van der Waals surface area (Å²) < 4.78 is 28.4. The number of carboxylic acids is 2. The fourth-order valence-electron chi connectivity index (χ4n) is 20.4. The van der Waals surface area contributed by atoms with E-state index >= 15 is 0 Å². The molecule has 6 aliphatic carbocycles. The maximum atomic E-state index is 11.6. The third-order valence-electron chi connectivity index (χ3n) is 27.0. The maximum Gasteiger partial charge on any atom is 0.341 e. The number of nitrogens with two attached hydrogens (primary N) is 6. The summed E-state index contributed by atoms with van der Waals surface area (Å²) in [6.45, 7) is 19.1. The van der Waals surface area contributed by atoms with Crippen molar-refractivity contribution in [1.82, 2.24) is 0 Å². The molecule has 0 saturated heterocycles. The molecule has 0 spiro atoms. The Morgan fingerprint density at radius 3 is 0.945 bits per heavy atom. The van der Waals surface area contributed by atoms with Gasteiger partial charge in [-0.2, -0.15) is 0 Å². The van der Waals surface area contributed by atoms with E-state index in [-0.39, 0.29) is 80.7 Å². The average Bonchev–Trinajstić information content (AvgIpc) is 1.63. The first-order valence-corrected chi connectivity index (χ1v) is 49.0. The number of phenols is 1. The molecule has 12 aromatic rings. The Balaban J connectivity index is 0.000000157. The minimum Gasteiger partial charge on any atom is -0.507 e. The number of carboxylic acid groups (broad SMARTS) is 2. The van der Waals surface area contributed by atoms with Gasteiger partial charge in [0.15, 0.2) is 13.2 Å². The molecule has 146 heavy (non-hydrogen) atoms. The van der Waals surface area contributed by atoms with Crippen LogP contribution in [0.3, 0.4) is 0 Å². The molecule has 22 nitrogen and oxygen atoms in total. The summed E-state index contributed by atoms with van der Waals surface area (Å²) in [6.07, 6.45) is 8.72. The van der Waals surface area contributed by atoms with E-state index in [1.54, 1.807) is 18.2 Å². The van der Waals surface area contributed by atoms with Gasteiger partial charge in [-0.25, -0.2) is 9.59 Å². The summed E-state index contributed by atoms with van der Waals surface area (Å²) in [4.78, 5) is 91.1. The molecule has 18 rings (SSSR count). The monoisotopic (exact) mass is 1960 g/mol. The van der Waals surface area contributed by atoms with Crippen molar-refractivity contribution in [3.05, 3.63) is 425 Å². The van der Waals surface area contributed by atoms with Crippen LogP contribution in [0, 0.1) is 0 Å². The van der Waals surface area contributed by atoms with Crippen LogP contribution in [0.2, 0.25) is 0 Å². The lowest BCUT2D eigenvalue weighted by Gasteiger charge is -2.16. The number of fused-ring (bicyclic) bond motifs is 6. The highest BCUT2D eigenvalue weighted by atomic mass is 16.5. The second-order valence-electron chi connectivity index (χ2n) is 36.5. The largest absolute Gasteiger partial charge is 0.507 e. The van der Waals surface area contributed by atoms with Gasteiger partial charge in [-0.05, 0) is 259 Å². The molecular formula is C124H128N6O16. The zero-order chi connectivity index (χ0) is 104. The highest BCUT2D eigenvalue weighted by Gasteiger charge is 2.39. The number of rotatable bonds is 34. The van der Waals surface area contributed by atoms with Crippen molar-refractivity contribution in [1.29, 1.82) is 0 Å². The molecule has 750 valence electrons. The van der Waals surface area contributed by atoms with Crippen molar-refractivity contribution in [2.45, 2.75) is 150 Å². The van der Waals surface area contributed by atoms with Crippen LogP contribution in [0.15, 0.2) is 325 Å². The second kappa shape index (κ2) is 50.2. The number of allylic oxidation sites excluding steroid dienone is 10. The van der Waals surface area contributed by atoms with Crippen molar-refractivity contribution in [3.63, 3.8) is 0 Å². The zero-order valence-electron chi connectivity index (χ0n) is 83.9. The van der Waals surface area contributed by atoms with Crippen LogP contribution in [0.4, 0.5) is 0 Å². The molecule has 0 aromatic heterocycles. The highest BCUT2D eigenvalue weighted by molar-refractivity contribution is 6.11. The van der Waals surface area contributed by atoms with Crippen LogP contribution < -0.4 is 58.1 Å². The van der Waals surface area contributed by atoms with Gasteiger partial charge in [0.05, 0.1) is 45.5 Å². The van der Waals surface area contributed by atoms with Crippen LogP contribution >= 0.6 is 0 Å². The first-order chi connectivity index (χ1) is 70.4. The summed E-state index contributed by atoms with van der Waals surface area (Å²) in [6, 6.07) is 96.1. The Morgan fingerprint density at radius 2 is 0.582 bits per heavy atom. The fraction of sp³-hybridized carbons (Fsp3) is 0.226. The van der Waals surface area contributed by atoms with E-state index < -0.39 is 42.9 Å². The normalized spacial score (nSPS) is 15.6. The third kappa shape index (κ3) is 26.1. The Bertz CT molecular complexity index is 7130. The van der Waals surface area contributed by atoms with Gasteiger partial charge in [-0.15, -0.1) is 0 Å². The van der Waals surface area contributed by atoms with E-state index in [1.807, 2.05) is 218 Å². The lowest BCUT2D eigenvalue weighted by atomic mass is 9.90. The summed E-state index contributed by atoms with van der Waals surface area (Å²) >= 11 is 0. The van der Waals surface area contributed by atoms with Gasteiger partial charge in [0, 0.05) is 71.3 Å². The number of carbonyl (C=O) groups is 8. The molecule has 15 N–H and O–H groups in total. The predicted molar refractivity (Wildman–Crippen MR) is 581 cm³/mol. The number of aliphatic carboxylic acids is 2. The van der Waals surface area contributed by atoms with E-state index in [0.29, 0.717) is 37.7 Å². The van der Waals surface area contributed by atoms with E-state index in [4.69, 9.17) is 68.3 Å². The molecule has 0 bridgehead atoms. The maximum absolute atomic E-state index is 11.6. The summed E-state index contributed by atoms with van der Waals surface area (Å²) in [5, 5.41) is 28.0. The van der Waals surface area contributed by atoms with Crippen LogP contribution in [-0.4, -0.2) is 95.7 Å². The standard InChI is InChI=1S/2C21H21NO4.2C21H23NO2.C21H21NO2.C19H17NO2.H2/c2*1-13-16(10-14-6-3-2-4-7-14)15-8-5-9-18(26-12-20(24)25)21(15)17(13)11-19(22)23;3*1-3-24-19-11-7-10-16-17(12-15-8-5-4-6-9-15)14(2)18(21(16)19)13-20(22)23;1-12-15(10-13-6-3-2-4-7-13)14-8-5-9-17(21)19(14)16(12)11-18(20)22;/h2-9,17H,10-12H2,1H3,(H2,22,23)(H,24,25);2-9,16H,10-12H2,1H3,(H2,22,23)(H,24,25);4-11,18H,3,12-13H2,1-2H3,(H2,22,23);4-11,17H,3,12-13H2,1-2H3,(H2,22,23);4-12H,3,13H2,1-2H3,(H2,22,23);2-10,21H,11H2,1H3,(H2,20,22);1H/b;;;;17-12-;15-10-;. The Hall–Kier alpha value is -16.9. The number of phenolic OH excluding ortho intramolecular Hbond substituents is 1. The van der Waals surface area contributed by atoms with Crippen LogP contribution in [-0.2, 0) is 64.0 Å². The lowest BCUT2D eigenvalue weighted by Crippen LogP contribution is -2.16. The number of amides is 6. The summed E-state index contributed by atoms with van der Waals surface area (Å²) in [5.74, 6) is -0.331. The first kappa shape index (κ1) is 106. The Morgan fingerprint density at radius 1 is 0.295 bits per heavy atom. The van der Waals surface area contributed by atoms with Crippen molar-refractivity contribution < 1.29 is 78.8 Å². The number of primary amides is 6. The molecule has 0 heterocycles. The molecule has 6 amide bonds. The second-order valence-corrected chi connectivity index (χ2v) is 36.5. The van der Waals surface area contributed by atoms with Gasteiger partial charge in [-0.1, -0.05) is 277 Å². The Kier molecular flexibility index (Phi) is 36.6.